The topological polar surface area (TPSA) is 86.8 Å². The fourth-order valence-corrected chi connectivity index (χ4v) is 2.70. The van der Waals surface area contributed by atoms with Crippen molar-refractivity contribution >= 4 is 13.0 Å². The summed E-state index contributed by atoms with van der Waals surface area (Å²) < 4.78 is 38.7. The summed E-state index contributed by atoms with van der Waals surface area (Å²) in [5.74, 6) is -1.70. The Morgan fingerprint density at radius 2 is 2.00 bits per heavy atom. The van der Waals surface area contributed by atoms with Crippen LogP contribution in [0.15, 0.2) is 0 Å². The number of halogens is 3. The Bertz CT molecular complexity index is 374. The number of amides is 1. The van der Waals surface area contributed by atoms with Crippen LogP contribution in [0.3, 0.4) is 0 Å². The quantitative estimate of drug-likeness (QED) is 0.617. The van der Waals surface area contributed by atoms with E-state index in [0.29, 0.717) is 12.8 Å². The third-order valence-electron chi connectivity index (χ3n) is 4.14. The van der Waals surface area contributed by atoms with E-state index in [2.05, 4.69) is 0 Å². The summed E-state index contributed by atoms with van der Waals surface area (Å²) in [6, 6.07) is -1.66. The van der Waals surface area contributed by atoms with Gasteiger partial charge in [0.05, 0.1) is 17.4 Å². The zero-order valence-corrected chi connectivity index (χ0v) is 10.2. The predicted octanol–water partition coefficient (Wildman–Crippen LogP) is -0.341. The molecule has 5 nitrogen and oxygen atoms in total. The summed E-state index contributed by atoms with van der Waals surface area (Å²) >= 11 is 0. The molecule has 0 spiro atoms. The van der Waals surface area contributed by atoms with Gasteiger partial charge in [0.15, 0.2) is 0 Å². The van der Waals surface area contributed by atoms with Crippen LogP contribution in [0.1, 0.15) is 25.7 Å². The maximum absolute atomic E-state index is 12.9. The Morgan fingerprint density at radius 3 is 2.42 bits per heavy atom. The molecule has 1 saturated heterocycles. The van der Waals surface area contributed by atoms with Crippen molar-refractivity contribution in [2.45, 2.75) is 43.8 Å². The minimum Gasteiger partial charge on any atom is -0.426 e. The van der Waals surface area contributed by atoms with Crippen LogP contribution < -0.4 is 5.73 Å². The maximum atomic E-state index is 12.9. The van der Waals surface area contributed by atoms with Crippen molar-refractivity contribution < 1.29 is 28.0 Å². The van der Waals surface area contributed by atoms with Gasteiger partial charge in [-0.05, 0) is 25.7 Å². The number of likely N-dealkylation sites (tertiary alicyclic amines) is 1. The average molecular weight is 280 g/mol. The number of hydrogen-bond acceptors (Lipinski definition) is 4. The smallest absolute Gasteiger partial charge is 0.426 e. The van der Waals surface area contributed by atoms with E-state index in [4.69, 9.17) is 15.8 Å². The highest BCUT2D eigenvalue weighted by Gasteiger charge is 2.68. The Hall–Kier alpha value is -0.795. The fourth-order valence-electron chi connectivity index (χ4n) is 2.70. The van der Waals surface area contributed by atoms with Gasteiger partial charge in [0, 0.05) is 6.54 Å². The van der Waals surface area contributed by atoms with Crippen molar-refractivity contribution in [1.82, 2.24) is 4.90 Å². The maximum Gasteiger partial charge on any atom is 0.475 e. The van der Waals surface area contributed by atoms with Crippen molar-refractivity contribution in [1.29, 1.82) is 0 Å². The van der Waals surface area contributed by atoms with Gasteiger partial charge in [0.25, 0.3) is 0 Å². The zero-order chi connectivity index (χ0) is 14.4. The molecule has 1 aliphatic carbocycles. The largest absolute Gasteiger partial charge is 0.475 e. The van der Waals surface area contributed by atoms with Crippen LogP contribution >= 0.6 is 0 Å². The average Bonchev–Trinajstić information content (AvgIpc) is 2.98. The van der Waals surface area contributed by atoms with Gasteiger partial charge in [-0.25, -0.2) is 0 Å². The zero-order valence-electron chi connectivity index (χ0n) is 10.2. The van der Waals surface area contributed by atoms with Crippen LogP contribution in [-0.2, 0) is 4.79 Å². The lowest BCUT2D eigenvalue weighted by Gasteiger charge is -2.31. The SMILES string of the molecule is NC(C(=O)N1CCCC1B(O)O)C1(C(F)(F)F)CC1. The predicted molar refractivity (Wildman–Crippen MR) is 60.6 cm³/mol. The molecule has 4 N–H and O–H groups in total. The minimum absolute atomic E-state index is 0.149. The molecule has 0 bridgehead atoms. The first-order chi connectivity index (χ1) is 8.71. The first-order valence-electron chi connectivity index (χ1n) is 6.19. The molecule has 108 valence electrons. The molecule has 0 aromatic heterocycles. The Labute approximate surface area is 108 Å². The highest BCUT2D eigenvalue weighted by molar-refractivity contribution is 6.43. The van der Waals surface area contributed by atoms with E-state index in [1.807, 2.05) is 0 Å². The van der Waals surface area contributed by atoms with E-state index in [1.54, 1.807) is 0 Å². The van der Waals surface area contributed by atoms with Crippen LogP contribution in [0.5, 0.6) is 0 Å². The summed E-state index contributed by atoms with van der Waals surface area (Å²) in [4.78, 5) is 13.1. The third kappa shape index (κ3) is 2.34. The van der Waals surface area contributed by atoms with Crippen LogP contribution in [0, 0.1) is 5.41 Å². The molecule has 9 heteroatoms. The van der Waals surface area contributed by atoms with Crippen LogP contribution in [-0.4, -0.2) is 52.7 Å². The van der Waals surface area contributed by atoms with Crippen molar-refractivity contribution in [3.63, 3.8) is 0 Å². The van der Waals surface area contributed by atoms with Gasteiger partial charge in [0.1, 0.15) is 0 Å². The number of nitrogens with zero attached hydrogens (tertiary/aromatic N) is 1. The summed E-state index contributed by atoms with van der Waals surface area (Å²) in [6.07, 6.45) is -3.92. The van der Waals surface area contributed by atoms with Gasteiger partial charge in [-0.2, -0.15) is 13.2 Å². The molecule has 0 radical (unpaired) electrons. The van der Waals surface area contributed by atoms with Gasteiger partial charge < -0.3 is 20.7 Å². The van der Waals surface area contributed by atoms with E-state index < -0.39 is 36.6 Å². The third-order valence-corrected chi connectivity index (χ3v) is 4.14. The number of carbonyl (C=O) groups excluding carboxylic acids is 1. The highest BCUT2D eigenvalue weighted by atomic mass is 19.4. The first kappa shape index (κ1) is 14.6. The molecule has 0 aromatic rings. The summed E-state index contributed by atoms with van der Waals surface area (Å²) in [5.41, 5.74) is 3.38. The lowest BCUT2D eigenvalue weighted by Crippen LogP contribution is -2.56. The molecule has 1 aliphatic heterocycles. The summed E-state index contributed by atoms with van der Waals surface area (Å²) in [6.45, 7) is 0.211. The lowest BCUT2D eigenvalue weighted by atomic mass is 9.77. The Kier molecular flexibility index (Phi) is 3.57. The molecular weight excluding hydrogens is 264 g/mol. The Morgan fingerprint density at radius 1 is 1.42 bits per heavy atom. The van der Waals surface area contributed by atoms with Crippen LogP contribution in [0.2, 0.25) is 0 Å². The number of alkyl halides is 3. The van der Waals surface area contributed by atoms with Crippen molar-refractivity contribution in [2.75, 3.05) is 6.54 Å². The molecule has 19 heavy (non-hydrogen) atoms. The van der Waals surface area contributed by atoms with Crippen molar-refractivity contribution in [3.8, 4) is 0 Å². The van der Waals surface area contributed by atoms with Gasteiger partial charge in [-0.3, -0.25) is 4.79 Å². The molecule has 2 unspecified atom stereocenters. The second kappa shape index (κ2) is 4.64. The van der Waals surface area contributed by atoms with Crippen LogP contribution in [0.4, 0.5) is 13.2 Å². The van der Waals surface area contributed by atoms with Gasteiger partial charge >= 0.3 is 13.3 Å². The first-order valence-corrected chi connectivity index (χ1v) is 6.19. The van der Waals surface area contributed by atoms with Crippen molar-refractivity contribution in [2.24, 2.45) is 11.1 Å². The molecular formula is C10H16BF3N2O3. The standard InChI is InChI=1S/C10H16BF3N2O3/c12-10(13,14)9(3-4-9)7(15)8(17)16-5-1-2-6(16)11(18)19/h6-7,18-19H,1-5,15H2. The van der Waals surface area contributed by atoms with Gasteiger partial charge in [-0.1, -0.05) is 0 Å². The summed E-state index contributed by atoms with van der Waals surface area (Å²) in [5, 5.41) is 18.3. The van der Waals surface area contributed by atoms with Crippen LogP contribution in [0.25, 0.3) is 0 Å². The van der Waals surface area contributed by atoms with E-state index in [-0.39, 0.29) is 19.4 Å². The molecule has 2 fully saturated rings. The molecule has 2 aliphatic rings. The molecule has 0 aromatic carbocycles. The number of hydrogen-bond donors (Lipinski definition) is 3. The molecule has 1 amide bonds. The van der Waals surface area contributed by atoms with Crippen molar-refractivity contribution in [3.05, 3.63) is 0 Å². The second-order valence-corrected chi connectivity index (χ2v) is 5.29. The summed E-state index contributed by atoms with van der Waals surface area (Å²) in [7, 11) is -1.75. The van der Waals surface area contributed by atoms with E-state index >= 15 is 0 Å². The van der Waals surface area contributed by atoms with E-state index in [9.17, 15) is 18.0 Å². The monoisotopic (exact) mass is 280 g/mol. The lowest BCUT2D eigenvalue weighted by molar-refractivity contribution is -0.196. The second-order valence-electron chi connectivity index (χ2n) is 5.29. The Balaban J connectivity index is 2.12. The molecule has 2 atom stereocenters. The van der Waals surface area contributed by atoms with Gasteiger partial charge in [0.2, 0.25) is 5.91 Å². The molecule has 2 rings (SSSR count). The molecule has 1 heterocycles. The van der Waals surface area contributed by atoms with E-state index in [1.165, 1.54) is 0 Å². The number of nitrogens with two attached hydrogens (primary N) is 1. The number of carbonyl (C=O) groups is 1. The van der Waals surface area contributed by atoms with Gasteiger partial charge in [-0.15, -0.1) is 0 Å². The fraction of sp³-hybridized carbons (Fsp3) is 0.900. The van der Waals surface area contributed by atoms with E-state index in [0.717, 1.165) is 4.90 Å². The normalized spacial score (nSPS) is 27.3. The highest BCUT2D eigenvalue weighted by Crippen LogP contribution is 2.59. The minimum atomic E-state index is -4.50. The number of rotatable bonds is 3. The molecule has 1 saturated carbocycles.